The number of benzene rings is 4. The molecule has 0 bridgehead atoms. The molecule has 0 unspecified atom stereocenters. The monoisotopic (exact) mass is 809 g/mol. The van der Waals surface area contributed by atoms with E-state index < -0.39 is 8.07 Å². The molecular formula is C41H36IrN2SSi-2. The van der Waals surface area contributed by atoms with Crippen LogP contribution >= 0.6 is 11.3 Å². The van der Waals surface area contributed by atoms with E-state index in [0.717, 1.165) is 22.5 Å². The van der Waals surface area contributed by atoms with Gasteiger partial charge in [0.25, 0.3) is 0 Å². The van der Waals surface area contributed by atoms with Crippen LogP contribution in [0, 0.1) is 19.1 Å². The molecule has 7 aromatic rings. The minimum absolute atomic E-state index is 0. The molecule has 2 nitrogen and oxygen atoms in total. The largest absolute Gasteiger partial charge is 0.305 e. The van der Waals surface area contributed by atoms with E-state index in [-0.39, 0.29) is 25.5 Å². The molecule has 4 aromatic carbocycles. The van der Waals surface area contributed by atoms with Crippen LogP contribution in [0.25, 0.3) is 53.8 Å². The van der Waals surface area contributed by atoms with Gasteiger partial charge in [-0.1, -0.05) is 106 Å². The van der Waals surface area contributed by atoms with Crippen molar-refractivity contribution in [3.8, 4) is 33.6 Å². The van der Waals surface area contributed by atoms with Crippen molar-refractivity contribution < 1.29 is 20.1 Å². The van der Waals surface area contributed by atoms with Crippen LogP contribution in [-0.4, -0.2) is 18.0 Å². The fourth-order valence-corrected chi connectivity index (χ4v) is 8.72. The van der Waals surface area contributed by atoms with Crippen LogP contribution in [0.5, 0.6) is 0 Å². The number of hydrogen-bond acceptors (Lipinski definition) is 3. The first-order valence-electron chi connectivity index (χ1n) is 15.5. The van der Waals surface area contributed by atoms with Crippen molar-refractivity contribution in [3.63, 3.8) is 0 Å². The van der Waals surface area contributed by atoms with E-state index in [1.807, 2.05) is 41.8 Å². The molecule has 0 atom stereocenters. The summed E-state index contributed by atoms with van der Waals surface area (Å²) in [6, 6.07) is 40.8. The van der Waals surface area contributed by atoms with Gasteiger partial charge in [0.2, 0.25) is 0 Å². The van der Waals surface area contributed by atoms with E-state index in [0.29, 0.717) is 0 Å². The van der Waals surface area contributed by atoms with Gasteiger partial charge in [-0.3, -0.25) is 0 Å². The van der Waals surface area contributed by atoms with Crippen LogP contribution in [0.15, 0.2) is 109 Å². The zero-order chi connectivity index (χ0) is 31.3. The zero-order valence-corrected chi connectivity index (χ0v) is 31.2. The average molecular weight is 809 g/mol. The van der Waals surface area contributed by atoms with Crippen LogP contribution < -0.4 is 5.19 Å². The van der Waals surface area contributed by atoms with E-state index in [2.05, 4.69) is 137 Å². The number of rotatable bonds is 3. The summed E-state index contributed by atoms with van der Waals surface area (Å²) in [6.07, 6.45) is 4.08. The Morgan fingerprint density at radius 3 is 2.22 bits per heavy atom. The minimum atomic E-state index is -1.23. The van der Waals surface area contributed by atoms with Crippen LogP contribution in [-0.2, 0) is 25.5 Å². The van der Waals surface area contributed by atoms with E-state index in [1.54, 1.807) is 0 Å². The molecule has 3 heterocycles. The maximum atomic E-state index is 4.91. The van der Waals surface area contributed by atoms with Crippen molar-refractivity contribution in [3.05, 3.63) is 138 Å². The standard InChI is InChI=1S/C27H20NS.C14H16NSi.Ir/c1-16-12-13-18(26-25(16)19-9-5-7-11-24(19)29-26)23-14-22-20(15-28-23)17-8-4-6-10-21(17)27(22,2)3;1-16(2,3)13-9-10-14(15-11-13)12-7-5-4-6-8-12;/h4-12,14-15H,1-3H3;4-7,9-11H,1-3H3;/q2*-1;. The van der Waals surface area contributed by atoms with Gasteiger partial charge in [-0.25, -0.2) is 0 Å². The van der Waals surface area contributed by atoms with Gasteiger partial charge in [-0.05, 0) is 49.4 Å². The van der Waals surface area contributed by atoms with Gasteiger partial charge < -0.3 is 9.97 Å². The number of pyridine rings is 2. The molecular weight excluding hydrogens is 773 g/mol. The summed E-state index contributed by atoms with van der Waals surface area (Å²) in [7, 11) is -1.23. The van der Waals surface area contributed by atoms with Gasteiger partial charge in [0.05, 0.1) is 8.07 Å². The smallest absolute Gasteiger partial charge is 0.0795 e. The van der Waals surface area contributed by atoms with Crippen molar-refractivity contribution in [1.29, 1.82) is 0 Å². The first-order valence-corrected chi connectivity index (χ1v) is 19.8. The van der Waals surface area contributed by atoms with Crippen molar-refractivity contribution in [2.75, 3.05) is 0 Å². The first-order chi connectivity index (χ1) is 21.6. The molecule has 0 spiro atoms. The molecule has 1 aliphatic carbocycles. The van der Waals surface area contributed by atoms with Crippen molar-refractivity contribution in [1.82, 2.24) is 9.97 Å². The fraction of sp³-hybridized carbons (Fsp3) is 0.171. The summed E-state index contributed by atoms with van der Waals surface area (Å²) in [5.41, 5.74) is 10.7. The molecule has 0 amide bonds. The van der Waals surface area contributed by atoms with E-state index in [9.17, 15) is 0 Å². The van der Waals surface area contributed by atoms with Gasteiger partial charge in [0.15, 0.2) is 0 Å². The Morgan fingerprint density at radius 2 is 1.48 bits per heavy atom. The second-order valence-corrected chi connectivity index (χ2v) is 19.5. The number of hydrogen-bond donors (Lipinski definition) is 0. The number of aryl methyl sites for hydroxylation is 1. The summed E-state index contributed by atoms with van der Waals surface area (Å²) in [6.45, 7) is 13.8. The molecule has 0 N–H and O–H groups in total. The van der Waals surface area contributed by atoms with Gasteiger partial charge in [-0.2, -0.15) is 11.3 Å². The topological polar surface area (TPSA) is 25.8 Å². The molecule has 3 aromatic heterocycles. The maximum absolute atomic E-state index is 4.91. The summed E-state index contributed by atoms with van der Waals surface area (Å²) in [5, 5.41) is 4.06. The van der Waals surface area contributed by atoms with Gasteiger partial charge >= 0.3 is 0 Å². The molecule has 46 heavy (non-hydrogen) atoms. The Bertz CT molecular complexity index is 2180. The van der Waals surface area contributed by atoms with E-state index in [4.69, 9.17) is 4.98 Å². The molecule has 8 rings (SSSR count). The van der Waals surface area contributed by atoms with Gasteiger partial charge in [-0.15, -0.1) is 59.2 Å². The normalized spacial score (nSPS) is 13.0. The third kappa shape index (κ3) is 5.71. The van der Waals surface area contributed by atoms with E-state index in [1.165, 1.54) is 53.2 Å². The Kier molecular flexibility index (Phi) is 8.73. The summed E-state index contributed by atoms with van der Waals surface area (Å²) < 4.78 is 2.60. The number of thiophene rings is 1. The van der Waals surface area contributed by atoms with Crippen LogP contribution in [0.2, 0.25) is 19.6 Å². The summed E-state index contributed by atoms with van der Waals surface area (Å²) >= 11 is 1.85. The SMILES string of the molecule is C[Si](C)(C)c1ccc(-c2[c-]cccc2)nc1.Cc1c[c-]c(-c2cc3c(cn2)-c2ccccc2C3(C)C)c2sc3ccccc3c12.[Ir]. The maximum Gasteiger partial charge on any atom is 0.0795 e. The summed E-state index contributed by atoms with van der Waals surface area (Å²) in [4.78, 5) is 9.43. The predicted molar refractivity (Wildman–Crippen MR) is 195 cm³/mol. The first kappa shape index (κ1) is 32.2. The number of aromatic nitrogens is 2. The van der Waals surface area contributed by atoms with Crippen LogP contribution in [0.3, 0.4) is 0 Å². The number of nitrogens with zero attached hydrogens (tertiary/aromatic N) is 2. The summed E-state index contributed by atoms with van der Waals surface area (Å²) in [5.74, 6) is 0. The minimum Gasteiger partial charge on any atom is -0.305 e. The van der Waals surface area contributed by atoms with Gasteiger partial charge in [0.1, 0.15) is 0 Å². The fourth-order valence-electron chi connectivity index (χ4n) is 6.40. The molecule has 0 saturated carbocycles. The molecule has 0 saturated heterocycles. The molecule has 1 aliphatic rings. The number of fused-ring (bicyclic) bond motifs is 6. The van der Waals surface area contributed by atoms with Crippen LogP contribution in [0.1, 0.15) is 30.5 Å². The molecule has 231 valence electrons. The molecule has 5 heteroatoms. The predicted octanol–water partition coefficient (Wildman–Crippen LogP) is 10.6. The second-order valence-electron chi connectivity index (χ2n) is 13.4. The van der Waals surface area contributed by atoms with E-state index >= 15 is 0 Å². The van der Waals surface area contributed by atoms with Crippen molar-refractivity contribution in [2.24, 2.45) is 0 Å². The van der Waals surface area contributed by atoms with Crippen molar-refractivity contribution in [2.45, 2.75) is 45.8 Å². The zero-order valence-electron chi connectivity index (χ0n) is 27.0. The Balaban J connectivity index is 0.000000187. The Morgan fingerprint density at radius 1 is 0.739 bits per heavy atom. The Hall–Kier alpha value is -3.73. The average Bonchev–Trinajstić information content (AvgIpc) is 3.55. The second kappa shape index (κ2) is 12.5. The third-order valence-corrected chi connectivity index (χ3v) is 12.2. The molecule has 1 radical (unpaired) electrons. The molecule has 0 fully saturated rings. The quantitative estimate of drug-likeness (QED) is 0.131. The van der Waals surface area contributed by atoms with Gasteiger partial charge in [0, 0.05) is 48.2 Å². The van der Waals surface area contributed by atoms with Crippen LogP contribution in [0.4, 0.5) is 0 Å². The third-order valence-electron chi connectivity index (χ3n) is 8.99. The van der Waals surface area contributed by atoms with Crippen molar-refractivity contribution >= 4 is 44.8 Å². The Labute approximate surface area is 291 Å². The molecule has 0 aliphatic heterocycles.